The maximum atomic E-state index is 13.2. The van der Waals surface area contributed by atoms with Gasteiger partial charge in [-0.2, -0.15) is 4.31 Å². The SMILES string of the molecule is CCOc1ccc(C(=O)Nc2ccc(C)c(S(=O)(=O)N3CCN(C)CC3)c2)cc1OCC. The molecule has 1 amide bonds. The van der Waals surface area contributed by atoms with Crippen LogP contribution in [0.4, 0.5) is 5.69 Å². The molecule has 0 aliphatic carbocycles. The Morgan fingerprint density at radius 3 is 2.28 bits per heavy atom. The molecule has 0 saturated carbocycles. The van der Waals surface area contributed by atoms with E-state index in [2.05, 4.69) is 10.2 Å². The van der Waals surface area contributed by atoms with Gasteiger partial charge in [-0.3, -0.25) is 4.79 Å². The van der Waals surface area contributed by atoms with Gasteiger partial charge in [0, 0.05) is 37.4 Å². The average molecular weight is 462 g/mol. The van der Waals surface area contributed by atoms with Crippen LogP contribution in [0, 0.1) is 6.92 Å². The van der Waals surface area contributed by atoms with Crippen LogP contribution in [0.1, 0.15) is 29.8 Å². The molecule has 32 heavy (non-hydrogen) atoms. The Morgan fingerprint density at radius 2 is 1.62 bits per heavy atom. The van der Waals surface area contributed by atoms with Crippen molar-refractivity contribution in [1.82, 2.24) is 9.21 Å². The van der Waals surface area contributed by atoms with Crippen molar-refractivity contribution in [3.8, 4) is 11.5 Å². The minimum Gasteiger partial charge on any atom is -0.490 e. The first-order valence-electron chi connectivity index (χ1n) is 10.8. The van der Waals surface area contributed by atoms with Crippen LogP contribution in [0.5, 0.6) is 11.5 Å². The number of anilines is 1. The van der Waals surface area contributed by atoms with Crippen LogP contribution in [0.2, 0.25) is 0 Å². The third-order valence-corrected chi connectivity index (χ3v) is 7.37. The van der Waals surface area contributed by atoms with Crippen LogP contribution < -0.4 is 14.8 Å². The van der Waals surface area contributed by atoms with E-state index in [1.54, 1.807) is 37.3 Å². The van der Waals surface area contributed by atoms with Gasteiger partial charge in [0.1, 0.15) is 0 Å². The number of nitrogens with one attached hydrogen (secondary N) is 1. The number of aryl methyl sites for hydroxylation is 1. The summed E-state index contributed by atoms with van der Waals surface area (Å²) in [4.78, 5) is 15.2. The molecule has 1 saturated heterocycles. The molecule has 0 atom stereocenters. The zero-order valence-corrected chi connectivity index (χ0v) is 19.9. The number of benzene rings is 2. The summed E-state index contributed by atoms with van der Waals surface area (Å²) in [6.45, 7) is 8.69. The first-order valence-corrected chi connectivity index (χ1v) is 12.2. The monoisotopic (exact) mass is 461 g/mol. The van der Waals surface area contributed by atoms with E-state index >= 15 is 0 Å². The van der Waals surface area contributed by atoms with Crippen molar-refractivity contribution >= 4 is 21.6 Å². The van der Waals surface area contributed by atoms with Crippen LogP contribution in [0.3, 0.4) is 0 Å². The van der Waals surface area contributed by atoms with Gasteiger partial charge in [0.25, 0.3) is 5.91 Å². The number of amides is 1. The van der Waals surface area contributed by atoms with E-state index in [4.69, 9.17) is 9.47 Å². The van der Waals surface area contributed by atoms with Gasteiger partial charge < -0.3 is 19.7 Å². The van der Waals surface area contributed by atoms with Crippen molar-refractivity contribution in [3.05, 3.63) is 47.5 Å². The highest BCUT2D eigenvalue weighted by Gasteiger charge is 2.29. The molecule has 2 aromatic rings. The number of hydrogen-bond donors (Lipinski definition) is 1. The maximum Gasteiger partial charge on any atom is 0.255 e. The zero-order valence-electron chi connectivity index (χ0n) is 19.1. The van der Waals surface area contributed by atoms with E-state index in [-0.39, 0.29) is 10.8 Å². The number of hydrogen-bond acceptors (Lipinski definition) is 6. The third kappa shape index (κ3) is 5.40. The van der Waals surface area contributed by atoms with Crippen molar-refractivity contribution in [3.63, 3.8) is 0 Å². The van der Waals surface area contributed by atoms with E-state index in [0.717, 1.165) is 0 Å². The van der Waals surface area contributed by atoms with Gasteiger partial charge in [-0.05, 0) is 63.7 Å². The summed E-state index contributed by atoms with van der Waals surface area (Å²) in [5.74, 6) is 0.701. The summed E-state index contributed by atoms with van der Waals surface area (Å²) in [5.41, 5.74) is 1.45. The smallest absolute Gasteiger partial charge is 0.255 e. The number of carbonyl (C=O) groups excluding carboxylic acids is 1. The molecule has 1 aliphatic heterocycles. The number of piperazine rings is 1. The minimum atomic E-state index is -3.65. The predicted octanol–water partition coefficient (Wildman–Crippen LogP) is 2.98. The van der Waals surface area contributed by atoms with Gasteiger partial charge in [0.05, 0.1) is 18.1 Å². The lowest BCUT2D eigenvalue weighted by molar-refractivity contribution is 0.102. The van der Waals surface area contributed by atoms with Crippen LogP contribution in [-0.2, 0) is 10.0 Å². The highest BCUT2D eigenvalue weighted by atomic mass is 32.2. The Morgan fingerprint density at radius 1 is 0.969 bits per heavy atom. The fourth-order valence-electron chi connectivity index (χ4n) is 3.52. The molecular weight excluding hydrogens is 430 g/mol. The Hall–Kier alpha value is -2.62. The topological polar surface area (TPSA) is 88.2 Å². The van der Waals surface area contributed by atoms with Crippen molar-refractivity contribution in [2.45, 2.75) is 25.7 Å². The number of rotatable bonds is 8. The molecular formula is C23H31N3O5S. The molecule has 174 valence electrons. The van der Waals surface area contributed by atoms with Gasteiger partial charge in [0.15, 0.2) is 11.5 Å². The zero-order chi connectivity index (χ0) is 23.3. The van der Waals surface area contributed by atoms with Gasteiger partial charge >= 0.3 is 0 Å². The van der Waals surface area contributed by atoms with Crippen molar-refractivity contribution < 1.29 is 22.7 Å². The standard InChI is InChI=1S/C23H31N3O5S/c1-5-30-20-10-8-18(15-21(20)31-6-2)23(27)24-19-9-7-17(3)22(16-19)32(28,29)26-13-11-25(4)12-14-26/h7-10,15-16H,5-6,11-14H2,1-4H3,(H,24,27). The Balaban J connectivity index is 1.83. The molecule has 0 radical (unpaired) electrons. The van der Waals surface area contributed by atoms with E-state index in [9.17, 15) is 13.2 Å². The summed E-state index contributed by atoms with van der Waals surface area (Å²) in [7, 11) is -1.67. The van der Waals surface area contributed by atoms with Crippen molar-refractivity contribution in [1.29, 1.82) is 0 Å². The molecule has 2 aromatic carbocycles. The largest absolute Gasteiger partial charge is 0.490 e. The average Bonchev–Trinajstić information content (AvgIpc) is 2.76. The summed E-state index contributed by atoms with van der Waals surface area (Å²) >= 11 is 0. The van der Waals surface area contributed by atoms with E-state index in [1.807, 2.05) is 20.9 Å². The van der Waals surface area contributed by atoms with E-state index in [1.165, 1.54) is 10.4 Å². The molecule has 8 nitrogen and oxygen atoms in total. The van der Waals surface area contributed by atoms with Gasteiger partial charge in [-0.15, -0.1) is 0 Å². The molecule has 0 unspecified atom stereocenters. The van der Waals surface area contributed by atoms with Crippen molar-refractivity contribution in [2.75, 3.05) is 51.8 Å². The number of sulfonamides is 1. The summed E-state index contributed by atoms with van der Waals surface area (Å²) in [5, 5.41) is 2.80. The summed E-state index contributed by atoms with van der Waals surface area (Å²) < 4.78 is 39.0. The number of nitrogens with zero attached hydrogens (tertiary/aromatic N) is 2. The normalized spacial score (nSPS) is 15.4. The molecule has 1 heterocycles. The lowest BCUT2D eigenvalue weighted by atomic mass is 10.1. The Bertz CT molecular complexity index is 1060. The molecule has 0 aromatic heterocycles. The van der Waals surface area contributed by atoms with E-state index in [0.29, 0.717) is 67.7 Å². The third-order valence-electron chi connectivity index (χ3n) is 5.33. The lowest BCUT2D eigenvalue weighted by Crippen LogP contribution is -2.47. The lowest BCUT2D eigenvalue weighted by Gasteiger charge is -2.32. The van der Waals surface area contributed by atoms with E-state index < -0.39 is 10.0 Å². The molecule has 1 N–H and O–H groups in total. The Labute approximate surface area is 190 Å². The fraction of sp³-hybridized carbons (Fsp3) is 0.435. The number of likely N-dealkylation sites (N-methyl/N-ethyl adjacent to an activating group) is 1. The summed E-state index contributed by atoms with van der Waals surface area (Å²) in [6.07, 6.45) is 0. The molecule has 1 aliphatic rings. The second kappa shape index (κ2) is 10.3. The Kier molecular flexibility index (Phi) is 7.76. The maximum absolute atomic E-state index is 13.2. The second-order valence-electron chi connectivity index (χ2n) is 7.67. The molecule has 9 heteroatoms. The molecule has 1 fully saturated rings. The van der Waals surface area contributed by atoms with Crippen LogP contribution in [-0.4, -0.2) is 70.0 Å². The van der Waals surface area contributed by atoms with Crippen LogP contribution in [0.15, 0.2) is 41.3 Å². The molecule has 3 rings (SSSR count). The minimum absolute atomic E-state index is 0.210. The van der Waals surface area contributed by atoms with Crippen LogP contribution in [0.25, 0.3) is 0 Å². The first-order chi connectivity index (χ1) is 15.3. The number of carbonyl (C=O) groups is 1. The highest BCUT2D eigenvalue weighted by Crippen LogP contribution is 2.29. The van der Waals surface area contributed by atoms with Gasteiger partial charge in [-0.25, -0.2) is 8.42 Å². The van der Waals surface area contributed by atoms with Crippen LogP contribution >= 0.6 is 0 Å². The summed E-state index contributed by atoms with van der Waals surface area (Å²) in [6, 6.07) is 9.91. The number of ether oxygens (including phenoxy) is 2. The molecule has 0 bridgehead atoms. The quantitative estimate of drug-likeness (QED) is 0.650. The highest BCUT2D eigenvalue weighted by molar-refractivity contribution is 7.89. The van der Waals surface area contributed by atoms with Gasteiger partial charge in [-0.1, -0.05) is 6.07 Å². The first kappa shape index (κ1) is 24.0. The van der Waals surface area contributed by atoms with Gasteiger partial charge in [0.2, 0.25) is 10.0 Å². The fourth-order valence-corrected chi connectivity index (χ4v) is 5.19. The molecule has 0 spiro atoms. The predicted molar refractivity (Wildman–Crippen MR) is 124 cm³/mol. The second-order valence-corrected chi connectivity index (χ2v) is 9.58. The van der Waals surface area contributed by atoms with Crippen molar-refractivity contribution in [2.24, 2.45) is 0 Å².